The Labute approximate surface area is 205 Å². The summed E-state index contributed by atoms with van der Waals surface area (Å²) in [5.74, 6) is 0. The van der Waals surface area contributed by atoms with E-state index in [1.54, 1.807) is 5.56 Å². The number of unbranched alkanes of at least 4 members (excludes halogenated alkanes) is 1. The van der Waals surface area contributed by atoms with Gasteiger partial charge in [-0.1, -0.05) is 125 Å². The maximum absolute atomic E-state index is 2.26. The number of hydrogen-bond donors (Lipinski definition) is 0. The monoisotopic (exact) mass is 453 g/mol. The molecule has 1 radical (unpaired) electrons. The fourth-order valence-electron chi connectivity index (χ4n) is 3.32. The Hall–Kier alpha value is -1.28. The van der Waals surface area contributed by atoms with Gasteiger partial charge in [-0.05, 0) is 0 Å². The second-order valence-electron chi connectivity index (χ2n) is 7.05. The van der Waals surface area contributed by atoms with E-state index in [4.69, 9.17) is 0 Å². The van der Waals surface area contributed by atoms with Crippen LogP contribution in [0.4, 0.5) is 0 Å². The summed E-state index contributed by atoms with van der Waals surface area (Å²) < 4.78 is 0. The van der Waals surface area contributed by atoms with Gasteiger partial charge in [-0.3, -0.25) is 0 Å². The van der Waals surface area contributed by atoms with E-state index in [1.807, 2.05) is 0 Å². The van der Waals surface area contributed by atoms with E-state index in [-0.39, 0.29) is 53.5 Å². The molecular formula is C28H41SiTi. The third kappa shape index (κ3) is 9.69. The summed E-state index contributed by atoms with van der Waals surface area (Å²) in [6, 6.07) is 21.3. The number of rotatable bonds is 5. The molecule has 30 heavy (non-hydrogen) atoms. The zero-order valence-electron chi connectivity index (χ0n) is 20.5. The van der Waals surface area contributed by atoms with Crippen LogP contribution in [0.15, 0.2) is 60.7 Å². The summed E-state index contributed by atoms with van der Waals surface area (Å²) in [5.41, 5.74) is 7.68. The van der Waals surface area contributed by atoms with Gasteiger partial charge >= 0.3 is 21.7 Å². The van der Waals surface area contributed by atoms with Crippen LogP contribution in [-0.2, 0) is 28.1 Å². The second-order valence-corrected chi connectivity index (χ2v) is 8.67. The van der Waals surface area contributed by atoms with Crippen LogP contribution in [0.25, 0.3) is 0 Å². The summed E-state index contributed by atoms with van der Waals surface area (Å²) in [7, 11) is 0.271. The predicted octanol–water partition coefficient (Wildman–Crippen LogP) is 6.40. The van der Waals surface area contributed by atoms with E-state index in [1.165, 1.54) is 51.9 Å². The van der Waals surface area contributed by atoms with E-state index in [0.717, 1.165) is 0 Å². The van der Waals surface area contributed by atoms with Gasteiger partial charge in [0.25, 0.3) is 0 Å². The molecule has 0 atom stereocenters. The van der Waals surface area contributed by atoms with E-state index in [2.05, 4.69) is 95.3 Å². The van der Waals surface area contributed by atoms with Crippen molar-refractivity contribution in [3.05, 3.63) is 111 Å². The third-order valence-corrected chi connectivity index (χ3v) is 6.74. The van der Waals surface area contributed by atoms with Gasteiger partial charge in [-0.15, -0.1) is 0 Å². The molecule has 2 heteroatoms. The molecule has 0 nitrogen and oxygen atoms in total. The van der Waals surface area contributed by atoms with Crippen molar-refractivity contribution in [3.63, 3.8) is 0 Å². The average Bonchev–Trinajstić information content (AvgIpc) is 2.85. The third-order valence-electron chi connectivity index (χ3n) is 5.31. The normalized spacial score (nSPS) is 8.97. The fourth-order valence-corrected chi connectivity index (χ4v) is 4.53. The first-order valence-corrected chi connectivity index (χ1v) is 10.9. The van der Waals surface area contributed by atoms with Crippen LogP contribution in [0.3, 0.4) is 0 Å². The molecule has 0 aromatic heterocycles. The van der Waals surface area contributed by atoms with E-state index in [0.29, 0.717) is 0 Å². The number of benzene rings is 2. The molecule has 0 saturated carbocycles. The average molecular weight is 454 g/mol. The minimum Gasteiger partial charge on any atom is -0.358 e. The quantitative estimate of drug-likeness (QED) is 0.310. The molecule has 3 aromatic carbocycles. The van der Waals surface area contributed by atoms with Gasteiger partial charge in [0.2, 0.25) is 0 Å². The molecule has 3 rings (SSSR count). The maximum atomic E-state index is 2.26. The molecule has 0 aliphatic heterocycles. The van der Waals surface area contributed by atoms with Crippen LogP contribution < -0.4 is 10.4 Å². The minimum absolute atomic E-state index is 0. The summed E-state index contributed by atoms with van der Waals surface area (Å²) in [6.07, 6.45) is 3.88. The second kappa shape index (κ2) is 17.4. The van der Waals surface area contributed by atoms with Crippen LogP contribution in [0.2, 0.25) is 0 Å². The van der Waals surface area contributed by atoms with Crippen molar-refractivity contribution in [2.45, 2.75) is 53.9 Å². The molecule has 0 heterocycles. The SMILES string of the molecule is CCCCc1c(C)c(C)c(C)[c-]1C.[CH3-].[CH3-].[CH3-].[Ti+4].c1ccc([SiH]c2ccccc2)cc1. The Morgan fingerprint density at radius 1 is 0.733 bits per heavy atom. The Balaban J connectivity index is -0.000000429. The van der Waals surface area contributed by atoms with Crippen molar-refractivity contribution in [1.82, 2.24) is 0 Å². The molecule has 161 valence electrons. The van der Waals surface area contributed by atoms with Crippen LogP contribution >= 0.6 is 0 Å². The van der Waals surface area contributed by atoms with E-state index >= 15 is 0 Å². The molecular weight excluding hydrogens is 412 g/mol. The van der Waals surface area contributed by atoms with Gasteiger partial charge in [0.15, 0.2) is 0 Å². The standard InChI is InChI=1S/C13H21.C12H11Si.3CH3.Ti/c1-6-7-8-13-11(4)9(2)10(3)12(13)5;1-3-7-11(8-4-1)13-12-9-5-2-6-10-12;;;;/h6-8H2,1-5H3;1-10,13H;3*1H3;/q-1;;3*-1;+4. The summed E-state index contributed by atoms with van der Waals surface area (Å²) in [5, 5.41) is 2.90. The molecule has 0 aliphatic rings. The summed E-state index contributed by atoms with van der Waals surface area (Å²) >= 11 is 0. The van der Waals surface area contributed by atoms with Crippen molar-refractivity contribution >= 4 is 19.9 Å². The van der Waals surface area contributed by atoms with E-state index in [9.17, 15) is 0 Å². The first-order valence-electron chi connectivity index (χ1n) is 9.71. The zero-order valence-corrected chi connectivity index (χ0v) is 23.2. The fraction of sp³-hybridized carbons (Fsp3) is 0.286. The predicted molar refractivity (Wildman–Crippen MR) is 138 cm³/mol. The molecule has 3 aromatic rings. The first-order chi connectivity index (χ1) is 12.5. The van der Waals surface area contributed by atoms with Gasteiger partial charge in [0, 0.05) is 0 Å². The van der Waals surface area contributed by atoms with Crippen molar-refractivity contribution in [3.8, 4) is 0 Å². The van der Waals surface area contributed by atoms with Crippen LogP contribution in [-0.4, -0.2) is 9.52 Å². The van der Waals surface area contributed by atoms with Gasteiger partial charge in [0.05, 0.1) is 0 Å². The molecule has 0 fully saturated rings. The van der Waals surface area contributed by atoms with Gasteiger partial charge in [0.1, 0.15) is 9.52 Å². The van der Waals surface area contributed by atoms with Crippen molar-refractivity contribution in [1.29, 1.82) is 0 Å². The molecule has 0 aliphatic carbocycles. The molecule has 0 saturated heterocycles. The van der Waals surface area contributed by atoms with Crippen molar-refractivity contribution in [2.24, 2.45) is 0 Å². The Kier molecular flexibility index (Phi) is 19.4. The zero-order chi connectivity index (χ0) is 18.9. The Morgan fingerprint density at radius 2 is 1.17 bits per heavy atom. The summed E-state index contributed by atoms with van der Waals surface area (Å²) in [6.45, 7) is 11.3. The largest absolute Gasteiger partial charge is 4.00 e. The first kappa shape index (κ1) is 33.4. The van der Waals surface area contributed by atoms with E-state index < -0.39 is 0 Å². The van der Waals surface area contributed by atoms with Crippen LogP contribution in [0.5, 0.6) is 0 Å². The van der Waals surface area contributed by atoms with Gasteiger partial charge < -0.3 is 22.3 Å². The Bertz CT molecular complexity index is 726. The molecule has 0 N–H and O–H groups in total. The van der Waals surface area contributed by atoms with Crippen LogP contribution in [0, 0.1) is 50.0 Å². The minimum atomic E-state index is 0. The molecule has 0 spiro atoms. The molecule has 0 amide bonds. The van der Waals surface area contributed by atoms with Gasteiger partial charge in [-0.25, -0.2) is 0 Å². The van der Waals surface area contributed by atoms with Crippen molar-refractivity contribution < 1.29 is 21.7 Å². The Morgan fingerprint density at radius 3 is 1.50 bits per heavy atom. The van der Waals surface area contributed by atoms with Crippen LogP contribution in [0.1, 0.15) is 47.6 Å². The topological polar surface area (TPSA) is 0 Å². The van der Waals surface area contributed by atoms with Crippen molar-refractivity contribution in [2.75, 3.05) is 0 Å². The maximum Gasteiger partial charge on any atom is 4.00 e. The van der Waals surface area contributed by atoms with Gasteiger partial charge in [-0.2, -0.15) is 27.8 Å². The smallest absolute Gasteiger partial charge is 0.358 e. The molecule has 0 unspecified atom stereocenters. The number of hydrogen-bond acceptors (Lipinski definition) is 0. The molecule has 0 bridgehead atoms. The summed E-state index contributed by atoms with van der Waals surface area (Å²) in [4.78, 5) is 0.